The van der Waals surface area contributed by atoms with E-state index in [1.54, 1.807) is 6.07 Å². The van der Waals surface area contributed by atoms with E-state index in [4.69, 9.17) is 5.73 Å². The molecule has 0 aromatic heterocycles. The minimum atomic E-state index is -0.234. The highest BCUT2D eigenvalue weighted by Gasteiger charge is 2.26. The zero-order valence-electron chi connectivity index (χ0n) is 9.35. The number of rotatable bonds is 3. The third-order valence-corrected chi connectivity index (χ3v) is 3.13. The normalized spacial score (nSPS) is 14.0. The van der Waals surface area contributed by atoms with Gasteiger partial charge in [0.05, 0.1) is 4.47 Å². The summed E-state index contributed by atoms with van der Waals surface area (Å²) in [6.45, 7) is 5.97. The SMILES string of the molecule is CC(N)CC(C)(C)c1cccc(Br)c1F. The van der Waals surface area contributed by atoms with Gasteiger partial charge in [0.2, 0.25) is 0 Å². The fourth-order valence-corrected chi connectivity index (χ4v) is 2.31. The Bertz CT molecular complexity index is 347. The molecule has 0 aliphatic rings. The highest BCUT2D eigenvalue weighted by molar-refractivity contribution is 9.10. The van der Waals surface area contributed by atoms with Crippen LogP contribution in [0.5, 0.6) is 0 Å². The molecule has 0 amide bonds. The van der Waals surface area contributed by atoms with Crippen LogP contribution in [0.3, 0.4) is 0 Å². The number of halogens is 2. The molecule has 1 unspecified atom stereocenters. The van der Waals surface area contributed by atoms with Crippen molar-refractivity contribution in [1.29, 1.82) is 0 Å². The summed E-state index contributed by atoms with van der Waals surface area (Å²) < 4.78 is 14.4. The van der Waals surface area contributed by atoms with Crippen LogP contribution in [-0.4, -0.2) is 6.04 Å². The van der Waals surface area contributed by atoms with Crippen molar-refractivity contribution in [3.8, 4) is 0 Å². The second kappa shape index (κ2) is 4.62. The Morgan fingerprint density at radius 2 is 2.07 bits per heavy atom. The summed E-state index contributed by atoms with van der Waals surface area (Å²) in [5, 5.41) is 0. The van der Waals surface area contributed by atoms with Crippen LogP contribution in [0.1, 0.15) is 32.8 Å². The predicted molar refractivity (Wildman–Crippen MR) is 65.4 cm³/mol. The van der Waals surface area contributed by atoms with Crippen LogP contribution < -0.4 is 5.73 Å². The van der Waals surface area contributed by atoms with E-state index in [2.05, 4.69) is 15.9 Å². The number of benzene rings is 1. The second-order valence-corrected chi connectivity index (χ2v) is 5.52. The molecular weight excluding hydrogens is 257 g/mol. The van der Waals surface area contributed by atoms with Gasteiger partial charge >= 0.3 is 0 Å². The molecule has 84 valence electrons. The maximum Gasteiger partial charge on any atom is 0.141 e. The molecule has 0 heterocycles. The van der Waals surface area contributed by atoms with Crippen LogP contribution in [0.15, 0.2) is 22.7 Å². The van der Waals surface area contributed by atoms with Gasteiger partial charge in [-0.05, 0) is 46.3 Å². The van der Waals surface area contributed by atoms with E-state index in [9.17, 15) is 4.39 Å². The summed E-state index contributed by atoms with van der Waals surface area (Å²) >= 11 is 3.20. The predicted octanol–water partition coefficient (Wildman–Crippen LogP) is 3.60. The third-order valence-electron chi connectivity index (χ3n) is 2.51. The van der Waals surface area contributed by atoms with Crippen LogP contribution in [0.25, 0.3) is 0 Å². The van der Waals surface area contributed by atoms with Gasteiger partial charge in [0.15, 0.2) is 0 Å². The van der Waals surface area contributed by atoms with Crippen molar-refractivity contribution in [3.05, 3.63) is 34.1 Å². The molecule has 1 atom stereocenters. The van der Waals surface area contributed by atoms with Gasteiger partial charge in [0, 0.05) is 6.04 Å². The lowest BCUT2D eigenvalue weighted by atomic mass is 9.79. The first-order chi connectivity index (χ1) is 6.84. The van der Waals surface area contributed by atoms with E-state index in [0.717, 1.165) is 6.42 Å². The van der Waals surface area contributed by atoms with Crippen molar-refractivity contribution in [2.75, 3.05) is 0 Å². The molecule has 1 aromatic carbocycles. The van der Waals surface area contributed by atoms with Crippen molar-refractivity contribution in [3.63, 3.8) is 0 Å². The molecule has 0 bridgehead atoms. The van der Waals surface area contributed by atoms with Gasteiger partial charge in [-0.1, -0.05) is 26.0 Å². The molecule has 1 aromatic rings. The Kier molecular flexibility index (Phi) is 3.90. The maximum absolute atomic E-state index is 13.9. The molecule has 0 saturated carbocycles. The van der Waals surface area contributed by atoms with Crippen LogP contribution in [0.2, 0.25) is 0 Å². The van der Waals surface area contributed by atoms with Gasteiger partial charge in [0.25, 0.3) is 0 Å². The molecule has 0 fully saturated rings. The largest absolute Gasteiger partial charge is 0.328 e. The second-order valence-electron chi connectivity index (χ2n) is 4.67. The quantitative estimate of drug-likeness (QED) is 0.895. The Balaban J connectivity index is 3.09. The summed E-state index contributed by atoms with van der Waals surface area (Å²) in [5.74, 6) is -0.178. The van der Waals surface area contributed by atoms with Crippen molar-refractivity contribution in [2.24, 2.45) is 5.73 Å². The fraction of sp³-hybridized carbons (Fsp3) is 0.500. The molecule has 0 aliphatic carbocycles. The van der Waals surface area contributed by atoms with Crippen molar-refractivity contribution in [1.82, 2.24) is 0 Å². The molecular formula is C12H17BrFN. The highest BCUT2D eigenvalue weighted by atomic mass is 79.9. The minimum Gasteiger partial charge on any atom is -0.328 e. The topological polar surface area (TPSA) is 26.0 Å². The standard InChI is InChI=1S/C12H17BrFN/c1-8(15)7-12(2,3)9-5-4-6-10(13)11(9)14/h4-6,8H,7,15H2,1-3H3. The van der Waals surface area contributed by atoms with E-state index in [1.807, 2.05) is 32.9 Å². The zero-order chi connectivity index (χ0) is 11.6. The Hall–Kier alpha value is -0.410. The Morgan fingerprint density at radius 1 is 1.47 bits per heavy atom. The molecule has 2 N–H and O–H groups in total. The van der Waals surface area contributed by atoms with E-state index in [0.29, 0.717) is 10.0 Å². The summed E-state index contributed by atoms with van der Waals surface area (Å²) in [5.41, 5.74) is 6.25. The molecule has 1 nitrogen and oxygen atoms in total. The molecule has 1 rings (SSSR count). The molecule has 0 radical (unpaired) electrons. The lowest BCUT2D eigenvalue weighted by molar-refractivity contribution is 0.416. The van der Waals surface area contributed by atoms with Gasteiger partial charge in [-0.25, -0.2) is 4.39 Å². The number of nitrogens with two attached hydrogens (primary N) is 1. The monoisotopic (exact) mass is 273 g/mol. The van der Waals surface area contributed by atoms with E-state index in [-0.39, 0.29) is 17.3 Å². The van der Waals surface area contributed by atoms with Crippen molar-refractivity contribution < 1.29 is 4.39 Å². The number of hydrogen-bond acceptors (Lipinski definition) is 1. The van der Waals surface area contributed by atoms with Crippen LogP contribution in [0.4, 0.5) is 4.39 Å². The smallest absolute Gasteiger partial charge is 0.141 e. The van der Waals surface area contributed by atoms with Gasteiger partial charge < -0.3 is 5.73 Å². The third kappa shape index (κ3) is 3.02. The van der Waals surface area contributed by atoms with E-state index >= 15 is 0 Å². The molecule has 0 spiro atoms. The van der Waals surface area contributed by atoms with Crippen LogP contribution in [0, 0.1) is 5.82 Å². The summed E-state index contributed by atoms with van der Waals surface area (Å²) in [6.07, 6.45) is 0.764. The summed E-state index contributed by atoms with van der Waals surface area (Å²) in [6, 6.07) is 5.45. The highest BCUT2D eigenvalue weighted by Crippen LogP contribution is 2.32. The van der Waals surface area contributed by atoms with Crippen molar-refractivity contribution >= 4 is 15.9 Å². The van der Waals surface area contributed by atoms with Gasteiger partial charge in [-0.3, -0.25) is 0 Å². The van der Waals surface area contributed by atoms with Crippen molar-refractivity contribution in [2.45, 2.75) is 38.6 Å². The van der Waals surface area contributed by atoms with Gasteiger partial charge in [0.1, 0.15) is 5.82 Å². The first-order valence-electron chi connectivity index (χ1n) is 5.04. The van der Waals surface area contributed by atoms with Gasteiger partial charge in [-0.2, -0.15) is 0 Å². The van der Waals surface area contributed by atoms with Crippen LogP contribution in [-0.2, 0) is 5.41 Å². The maximum atomic E-state index is 13.9. The average molecular weight is 274 g/mol. The minimum absolute atomic E-state index is 0.0679. The Morgan fingerprint density at radius 3 is 2.60 bits per heavy atom. The lowest BCUT2D eigenvalue weighted by Gasteiger charge is -2.27. The fourth-order valence-electron chi connectivity index (χ4n) is 1.94. The van der Waals surface area contributed by atoms with Crippen LogP contribution >= 0.6 is 15.9 Å². The molecule has 15 heavy (non-hydrogen) atoms. The van der Waals surface area contributed by atoms with E-state index in [1.165, 1.54) is 0 Å². The summed E-state index contributed by atoms with van der Waals surface area (Å²) in [4.78, 5) is 0. The molecule has 0 saturated heterocycles. The number of hydrogen-bond donors (Lipinski definition) is 1. The first kappa shape index (κ1) is 12.7. The van der Waals surface area contributed by atoms with Gasteiger partial charge in [-0.15, -0.1) is 0 Å². The lowest BCUT2D eigenvalue weighted by Crippen LogP contribution is -2.29. The first-order valence-corrected chi connectivity index (χ1v) is 5.84. The average Bonchev–Trinajstić information content (AvgIpc) is 2.07. The van der Waals surface area contributed by atoms with E-state index < -0.39 is 0 Å². The summed E-state index contributed by atoms with van der Waals surface area (Å²) in [7, 11) is 0. The Labute approximate surface area is 99.0 Å². The zero-order valence-corrected chi connectivity index (χ0v) is 10.9. The molecule has 3 heteroatoms. The molecule has 0 aliphatic heterocycles.